The van der Waals surface area contributed by atoms with Crippen LogP contribution in [0.25, 0.3) is 5.57 Å². The number of carbonyl (C=O) groups is 2. The van der Waals surface area contributed by atoms with Gasteiger partial charge in [0.05, 0.1) is 37.5 Å². The zero-order chi connectivity index (χ0) is 21.0. The molecule has 1 aromatic carbocycles. The van der Waals surface area contributed by atoms with Gasteiger partial charge in [-0.2, -0.15) is 0 Å². The molecule has 2 atom stereocenters. The Morgan fingerprint density at radius 2 is 1.69 bits per heavy atom. The molecule has 1 aromatic rings. The second-order valence-corrected chi connectivity index (χ2v) is 7.51. The van der Waals surface area contributed by atoms with Gasteiger partial charge in [-0.15, -0.1) is 0 Å². The highest BCUT2D eigenvalue weighted by molar-refractivity contribution is 6.35. The highest BCUT2D eigenvalue weighted by Crippen LogP contribution is 2.33. The summed E-state index contributed by atoms with van der Waals surface area (Å²) in [4.78, 5) is 29.7. The molecule has 2 aliphatic rings. The summed E-state index contributed by atoms with van der Waals surface area (Å²) in [5.41, 5.74) is 1.61. The summed E-state index contributed by atoms with van der Waals surface area (Å²) >= 11 is 0. The molecule has 158 valence electrons. The largest absolute Gasteiger partial charge is 0.494 e. The van der Waals surface area contributed by atoms with E-state index in [0.717, 1.165) is 12.2 Å². The maximum absolute atomic E-state index is 13.2. The predicted molar refractivity (Wildman–Crippen MR) is 109 cm³/mol. The summed E-state index contributed by atoms with van der Waals surface area (Å²) in [6.07, 6.45) is 0.882. The molecular weight excluding hydrogens is 372 g/mol. The molecule has 0 aliphatic carbocycles. The van der Waals surface area contributed by atoms with Crippen molar-refractivity contribution in [2.24, 2.45) is 0 Å². The van der Waals surface area contributed by atoms with E-state index in [1.54, 1.807) is 7.11 Å². The fourth-order valence-corrected chi connectivity index (χ4v) is 3.80. The number of hydrogen-bond acceptors (Lipinski definition) is 6. The van der Waals surface area contributed by atoms with Crippen molar-refractivity contribution in [2.75, 3.05) is 40.0 Å². The van der Waals surface area contributed by atoms with E-state index in [1.807, 2.05) is 49.9 Å². The number of rotatable bonds is 8. The van der Waals surface area contributed by atoms with Crippen molar-refractivity contribution in [3.8, 4) is 5.75 Å². The third-order valence-electron chi connectivity index (χ3n) is 5.01. The first-order chi connectivity index (χ1) is 14.0. The van der Waals surface area contributed by atoms with E-state index in [1.165, 1.54) is 4.90 Å². The Morgan fingerprint density at radius 3 is 2.28 bits per heavy atom. The summed E-state index contributed by atoms with van der Waals surface area (Å²) in [5.74, 6) is 0.199. The first-order valence-electron chi connectivity index (χ1n) is 10.2. The van der Waals surface area contributed by atoms with Crippen LogP contribution in [0.5, 0.6) is 5.75 Å². The maximum Gasteiger partial charge on any atom is 0.277 e. The zero-order valence-corrected chi connectivity index (χ0v) is 17.6. The molecule has 7 nitrogen and oxygen atoms in total. The third kappa shape index (κ3) is 4.62. The second-order valence-electron chi connectivity index (χ2n) is 7.51. The van der Waals surface area contributed by atoms with Crippen LogP contribution in [0.3, 0.4) is 0 Å². The number of carbonyl (C=O) groups excluding carboxylic acids is 2. The van der Waals surface area contributed by atoms with Gasteiger partial charge in [-0.05, 0) is 38.0 Å². The van der Waals surface area contributed by atoms with Gasteiger partial charge in [0.2, 0.25) is 0 Å². The quantitative estimate of drug-likeness (QED) is 0.622. The Balaban J connectivity index is 1.97. The van der Waals surface area contributed by atoms with Crippen LogP contribution < -0.4 is 4.74 Å². The van der Waals surface area contributed by atoms with Crippen molar-refractivity contribution in [3.63, 3.8) is 0 Å². The lowest BCUT2D eigenvalue weighted by Gasteiger charge is -2.37. The Hall–Kier alpha value is -2.38. The van der Waals surface area contributed by atoms with Gasteiger partial charge < -0.3 is 19.1 Å². The molecule has 1 saturated heterocycles. The predicted octanol–water partition coefficient (Wildman–Crippen LogP) is 2.31. The van der Waals surface area contributed by atoms with Gasteiger partial charge >= 0.3 is 0 Å². The first-order valence-corrected chi connectivity index (χ1v) is 10.2. The van der Waals surface area contributed by atoms with Gasteiger partial charge in [0.15, 0.2) is 0 Å². The van der Waals surface area contributed by atoms with Gasteiger partial charge in [-0.3, -0.25) is 14.5 Å². The summed E-state index contributed by atoms with van der Waals surface area (Å²) in [6, 6.07) is 7.38. The highest BCUT2D eigenvalue weighted by Gasteiger charge is 2.42. The zero-order valence-electron chi connectivity index (χ0n) is 17.6. The molecule has 0 saturated carbocycles. The van der Waals surface area contributed by atoms with Crippen molar-refractivity contribution in [3.05, 3.63) is 35.5 Å². The fourth-order valence-electron chi connectivity index (χ4n) is 3.80. The molecule has 0 aromatic heterocycles. The van der Waals surface area contributed by atoms with Gasteiger partial charge in [-0.1, -0.05) is 19.1 Å². The van der Waals surface area contributed by atoms with Crippen molar-refractivity contribution in [1.29, 1.82) is 0 Å². The summed E-state index contributed by atoms with van der Waals surface area (Å²) in [5, 5.41) is 0. The second kappa shape index (κ2) is 9.41. The Kier molecular flexibility index (Phi) is 6.92. The molecule has 0 spiro atoms. The van der Waals surface area contributed by atoms with Gasteiger partial charge in [0.25, 0.3) is 11.8 Å². The summed E-state index contributed by atoms with van der Waals surface area (Å²) in [7, 11) is 1.56. The average molecular weight is 402 g/mol. The van der Waals surface area contributed by atoms with Crippen LogP contribution in [0.4, 0.5) is 0 Å². The van der Waals surface area contributed by atoms with E-state index in [4.69, 9.17) is 14.2 Å². The van der Waals surface area contributed by atoms with Crippen LogP contribution in [-0.4, -0.2) is 73.8 Å². The SMILES string of the molecule is CCCOc1ccc(C2=C(N3CC(C)OC(C)C3)C(=O)N(CCOC)C2=O)cc1. The minimum atomic E-state index is -0.281. The van der Waals surface area contributed by atoms with Gasteiger partial charge in [0, 0.05) is 20.2 Å². The molecule has 2 unspecified atom stereocenters. The molecule has 3 rings (SSSR count). The number of benzene rings is 1. The van der Waals surface area contributed by atoms with Crippen LogP contribution in [-0.2, 0) is 19.1 Å². The van der Waals surface area contributed by atoms with Crippen molar-refractivity contribution in [2.45, 2.75) is 39.4 Å². The van der Waals surface area contributed by atoms with E-state index in [0.29, 0.717) is 43.1 Å². The first kappa shape index (κ1) is 21.3. The summed E-state index contributed by atoms with van der Waals surface area (Å²) in [6.45, 7) is 8.31. The van der Waals surface area contributed by atoms with Gasteiger partial charge in [-0.25, -0.2) is 0 Å². The van der Waals surface area contributed by atoms with E-state index < -0.39 is 0 Å². The Morgan fingerprint density at radius 1 is 1.03 bits per heavy atom. The van der Waals surface area contributed by atoms with Crippen LogP contribution in [0, 0.1) is 0 Å². The Bertz CT molecular complexity index is 764. The molecule has 0 bridgehead atoms. The number of hydrogen-bond donors (Lipinski definition) is 0. The average Bonchev–Trinajstić information content (AvgIpc) is 2.94. The topological polar surface area (TPSA) is 68.3 Å². The molecule has 1 fully saturated rings. The van der Waals surface area contributed by atoms with Crippen molar-refractivity contribution < 1.29 is 23.8 Å². The standard InChI is InChI=1S/C22H30N2O5/c1-5-11-28-18-8-6-17(7-9-18)19-20(23-13-15(2)29-16(3)14-23)22(26)24(21(19)25)10-12-27-4/h6-9,15-16H,5,10-14H2,1-4H3. The molecule has 0 radical (unpaired) electrons. The van der Waals surface area contributed by atoms with Crippen LogP contribution in [0.1, 0.15) is 32.8 Å². The molecular formula is C22H30N2O5. The van der Waals surface area contributed by atoms with Crippen LogP contribution >= 0.6 is 0 Å². The molecule has 7 heteroatoms. The van der Waals surface area contributed by atoms with Gasteiger partial charge in [0.1, 0.15) is 11.4 Å². The number of ether oxygens (including phenoxy) is 3. The van der Waals surface area contributed by atoms with Crippen molar-refractivity contribution >= 4 is 17.4 Å². The third-order valence-corrected chi connectivity index (χ3v) is 5.01. The number of nitrogens with zero attached hydrogens (tertiary/aromatic N) is 2. The van der Waals surface area contributed by atoms with E-state index in [-0.39, 0.29) is 30.6 Å². The fraction of sp³-hybridized carbons (Fsp3) is 0.545. The molecule has 2 heterocycles. The minimum Gasteiger partial charge on any atom is -0.494 e. The number of imide groups is 1. The molecule has 2 aliphatic heterocycles. The highest BCUT2D eigenvalue weighted by atomic mass is 16.5. The lowest BCUT2D eigenvalue weighted by molar-refractivity contribution is -0.139. The number of morpholine rings is 1. The summed E-state index contributed by atoms with van der Waals surface area (Å²) < 4.78 is 16.6. The molecule has 0 N–H and O–H groups in total. The smallest absolute Gasteiger partial charge is 0.277 e. The minimum absolute atomic E-state index is 0.0201. The van der Waals surface area contributed by atoms with Crippen LogP contribution in [0.15, 0.2) is 30.0 Å². The van der Waals surface area contributed by atoms with E-state index in [9.17, 15) is 9.59 Å². The maximum atomic E-state index is 13.2. The lowest BCUT2D eigenvalue weighted by atomic mass is 10.0. The lowest BCUT2D eigenvalue weighted by Crippen LogP contribution is -2.47. The monoisotopic (exact) mass is 402 g/mol. The molecule has 29 heavy (non-hydrogen) atoms. The normalized spacial score (nSPS) is 22.6. The van der Waals surface area contributed by atoms with Crippen LogP contribution in [0.2, 0.25) is 0 Å². The van der Waals surface area contributed by atoms with Crippen molar-refractivity contribution in [1.82, 2.24) is 9.80 Å². The van der Waals surface area contributed by atoms with E-state index in [2.05, 4.69) is 0 Å². The Labute approximate surface area is 172 Å². The number of methoxy groups -OCH3 is 1. The number of amides is 2. The van der Waals surface area contributed by atoms with E-state index >= 15 is 0 Å². The molecule has 2 amide bonds.